The van der Waals surface area contributed by atoms with Crippen molar-refractivity contribution in [1.82, 2.24) is 4.90 Å². The lowest BCUT2D eigenvalue weighted by Crippen LogP contribution is -2.52. The van der Waals surface area contributed by atoms with Gasteiger partial charge in [-0.05, 0) is 55.5 Å². The third kappa shape index (κ3) is 9.17. The molecule has 7 heteroatoms. The van der Waals surface area contributed by atoms with Crippen LogP contribution < -0.4 is 4.74 Å². The normalized spacial score (nSPS) is 14.1. The highest BCUT2D eigenvalue weighted by Crippen LogP contribution is 2.31. The molecule has 7 nitrogen and oxygen atoms in total. The molecule has 4 atom stereocenters. The fraction of sp³-hybridized carbons (Fsp3) is 0.412. The molecule has 0 aliphatic rings. The number of nitrogens with zero attached hydrogens (tertiary/aromatic N) is 1. The van der Waals surface area contributed by atoms with Gasteiger partial charge in [0.15, 0.2) is 6.10 Å². The highest BCUT2D eigenvalue weighted by atomic mass is 16.5. The Bertz CT molecular complexity index is 1180. The maximum atomic E-state index is 13.1. The van der Waals surface area contributed by atoms with Gasteiger partial charge in [-0.3, -0.25) is 9.69 Å². The summed E-state index contributed by atoms with van der Waals surface area (Å²) in [5.41, 5.74) is 3.29. The Balaban J connectivity index is 1.85. The number of aliphatic hydroxyl groups excluding tert-OH is 1. The lowest BCUT2D eigenvalue weighted by molar-refractivity contribution is -0.169. The molecule has 0 saturated heterocycles. The zero-order valence-corrected chi connectivity index (χ0v) is 24.6. The molecule has 220 valence electrons. The molecule has 3 aromatic rings. The molecule has 3 rings (SSSR count). The summed E-state index contributed by atoms with van der Waals surface area (Å²) in [5, 5.41) is 11.0. The van der Waals surface area contributed by atoms with E-state index in [4.69, 9.17) is 14.2 Å². The smallest absolute Gasteiger partial charge is 0.335 e. The molecule has 1 N–H and O–H groups in total. The number of methoxy groups -OCH3 is 1. The summed E-state index contributed by atoms with van der Waals surface area (Å²) in [4.78, 5) is 27.9. The van der Waals surface area contributed by atoms with E-state index in [9.17, 15) is 14.7 Å². The van der Waals surface area contributed by atoms with E-state index < -0.39 is 30.0 Å². The van der Waals surface area contributed by atoms with Crippen LogP contribution in [0.15, 0.2) is 84.9 Å². The zero-order valence-electron chi connectivity index (χ0n) is 24.6. The number of aliphatic hydroxyl groups is 1. The Labute approximate surface area is 244 Å². The Hall–Kier alpha value is -3.68. The van der Waals surface area contributed by atoms with Crippen LogP contribution in [0.3, 0.4) is 0 Å². The predicted molar refractivity (Wildman–Crippen MR) is 159 cm³/mol. The van der Waals surface area contributed by atoms with E-state index in [0.717, 1.165) is 28.9 Å². The monoisotopic (exact) mass is 561 g/mol. The molecule has 0 fully saturated rings. The van der Waals surface area contributed by atoms with E-state index >= 15 is 0 Å². The first-order valence-corrected chi connectivity index (χ1v) is 14.4. The summed E-state index contributed by atoms with van der Waals surface area (Å²) in [7, 11) is 1.28. The quantitative estimate of drug-likeness (QED) is 0.223. The van der Waals surface area contributed by atoms with Crippen molar-refractivity contribution in [2.24, 2.45) is 5.92 Å². The minimum atomic E-state index is -1.63. The first kappa shape index (κ1) is 31.8. The topological polar surface area (TPSA) is 85.3 Å². The molecule has 0 aliphatic heterocycles. The Kier molecular flexibility index (Phi) is 12.9. The second-order valence-electron chi connectivity index (χ2n) is 10.1. The maximum Gasteiger partial charge on any atom is 0.335 e. The number of esters is 2. The third-order valence-corrected chi connectivity index (χ3v) is 7.38. The largest absolute Gasteiger partial charge is 0.489 e. The van der Waals surface area contributed by atoms with Crippen molar-refractivity contribution in [2.45, 2.75) is 64.8 Å². The van der Waals surface area contributed by atoms with E-state index in [2.05, 4.69) is 24.0 Å². The van der Waals surface area contributed by atoms with E-state index in [-0.39, 0.29) is 12.6 Å². The van der Waals surface area contributed by atoms with E-state index in [0.29, 0.717) is 26.0 Å². The van der Waals surface area contributed by atoms with Crippen LogP contribution in [0, 0.1) is 5.92 Å². The molecule has 41 heavy (non-hydrogen) atoms. The summed E-state index contributed by atoms with van der Waals surface area (Å²) in [5.74, 6) is -1.75. The molecule has 0 radical (unpaired) electrons. The predicted octanol–water partition coefficient (Wildman–Crippen LogP) is 5.75. The first-order valence-electron chi connectivity index (χ1n) is 14.4. The minimum absolute atomic E-state index is 0.0946. The molecule has 0 aromatic heterocycles. The fourth-order valence-electron chi connectivity index (χ4n) is 5.18. The van der Waals surface area contributed by atoms with Gasteiger partial charge in [-0.15, -0.1) is 0 Å². The van der Waals surface area contributed by atoms with Crippen molar-refractivity contribution in [3.63, 3.8) is 0 Å². The van der Waals surface area contributed by atoms with Crippen LogP contribution in [-0.2, 0) is 32.1 Å². The molecule has 0 unspecified atom stereocenters. The fourth-order valence-corrected chi connectivity index (χ4v) is 5.18. The summed E-state index contributed by atoms with van der Waals surface area (Å²) in [6.07, 6.45) is 0.393. The Morgan fingerprint density at radius 3 is 2.07 bits per heavy atom. The summed E-state index contributed by atoms with van der Waals surface area (Å²) in [6, 6.07) is 27.5. The lowest BCUT2D eigenvalue weighted by atomic mass is 9.87. The molecule has 0 aliphatic carbocycles. The van der Waals surface area contributed by atoms with Crippen LogP contribution in [0.25, 0.3) is 0 Å². The number of hydrogen-bond donors (Lipinski definition) is 1. The van der Waals surface area contributed by atoms with Crippen LogP contribution in [0.2, 0.25) is 0 Å². The van der Waals surface area contributed by atoms with Crippen molar-refractivity contribution < 1.29 is 28.9 Å². The highest BCUT2D eigenvalue weighted by Gasteiger charge is 2.43. The van der Waals surface area contributed by atoms with Crippen molar-refractivity contribution >= 4 is 11.9 Å². The van der Waals surface area contributed by atoms with Crippen LogP contribution >= 0.6 is 0 Å². The van der Waals surface area contributed by atoms with Crippen molar-refractivity contribution in [1.29, 1.82) is 0 Å². The molecule has 0 spiro atoms. The highest BCUT2D eigenvalue weighted by molar-refractivity contribution is 5.84. The zero-order chi connectivity index (χ0) is 29.6. The average molecular weight is 562 g/mol. The van der Waals surface area contributed by atoms with E-state index in [1.807, 2.05) is 79.7 Å². The van der Waals surface area contributed by atoms with Crippen LogP contribution in [0.1, 0.15) is 56.3 Å². The maximum absolute atomic E-state index is 13.1. The van der Waals surface area contributed by atoms with Gasteiger partial charge in [0.1, 0.15) is 18.3 Å². The third-order valence-electron chi connectivity index (χ3n) is 7.38. The Morgan fingerprint density at radius 2 is 1.49 bits per heavy atom. The van der Waals surface area contributed by atoms with E-state index in [1.54, 1.807) is 6.92 Å². The van der Waals surface area contributed by atoms with Crippen molar-refractivity contribution in [3.05, 3.63) is 102 Å². The second kappa shape index (κ2) is 16.6. The van der Waals surface area contributed by atoms with Gasteiger partial charge in [-0.2, -0.15) is 0 Å². The summed E-state index contributed by atoms with van der Waals surface area (Å²) in [6.45, 7) is 6.98. The summed E-state index contributed by atoms with van der Waals surface area (Å²) < 4.78 is 16.1. The number of ether oxygens (including phenoxy) is 3. The first-order chi connectivity index (χ1) is 19.9. The molecular weight excluding hydrogens is 518 g/mol. The standard InChI is InChI=1S/C34H43NO6/c1-5-13-30(31(33(37)39-4)32(36)34(38)40-6-2)35(25(3)28-16-11-8-12-17-28)23-22-26-18-20-29(21-19-26)41-24-27-14-9-7-10-15-27/h7-12,14-21,25,30-32,36H,5-6,13,22-24H2,1-4H3/t25-,30-,31+,32+/m0/s1. The van der Waals surface area contributed by atoms with Gasteiger partial charge in [-0.1, -0.05) is 86.1 Å². The molecule has 3 aromatic carbocycles. The van der Waals surface area contributed by atoms with Gasteiger partial charge in [-0.25, -0.2) is 4.79 Å². The number of benzene rings is 3. The van der Waals surface area contributed by atoms with Gasteiger partial charge in [0.25, 0.3) is 0 Å². The SMILES string of the molecule is CCC[C@@H]([C@@H](C(=O)OC)[C@@H](O)C(=O)OCC)N(CCc1ccc(OCc2ccccc2)cc1)[C@@H](C)c1ccccc1. The number of carbonyl (C=O) groups excluding carboxylic acids is 2. The minimum Gasteiger partial charge on any atom is -0.489 e. The van der Waals surface area contributed by atoms with Crippen molar-refractivity contribution in [2.75, 3.05) is 20.3 Å². The van der Waals surface area contributed by atoms with Gasteiger partial charge < -0.3 is 19.3 Å². The molecule has 0 saturated carbocycles. The number of hydrogen-bond acceptors (Lipinski definition) is 7. The number of rotatable bonds is 16. The molecule has 0 heterocycles. The second-order valence-corrected chi connectivity index (χ2v) is 10.1. The lowest BCUT2D eigenvalue weighted by Gasteiger charge is -2.41. The van der Waals surface area contributed by atoms with E-state index in [1.165, 1.54) is 7.11 Å². The number of carbonyl (C=O) groups is 2. The molecular formula is C34H43NO6. The van der Waals surface area contributed by atoms with Crippen LogP contribution in [-0.4, -0.2) is 54.4 Å². The average Bonchev–Trinajstić information content (AvgIpc) is 3.01. The van der Waals surface area contributed by atoms with Crippen LogP contribution in [0.4, 0.5) is 0 Å². The Morgan fingerprint density at radius 1 is 0.854 bits per heavy atom. The molecule has 0 amide bonds. The van der Waals surface area contributed by atoms with Gasteiger partial charge in [0.2, 0.25) is 0 Å². The summed E-state index contributed by atoms with van der Waals surface area (Å²) >= 11 is 0. The molecule has 0 bridgehead atoms. The van der Waals surface area contributed by atoms with Gasteiger partial charge in [0, 0.05) is 18.6 Å². The van der Waals surface area contributed by atoms with Crippen molar-refractivity contribution in [3.8, 4) is 5.75 Å². The van der Waals surface area contributed by atoms with Gasteiger partial charge in [0.05, 0.1) is 13.7 Å². The van der Waals surface area contributed by atoms with Gasteiger partial charge >= 0.3 is 11.9 Å². The van der Waals surface area contributed by atoms with Crippen LogP contribution in [0.5, 0.6) is 5.75 Å².